The molecule has 1 aliphatic heterocycles. The number of nitrogens with two attached hydrogens (primary N) is 1. The molecule has 0 unspecified atom stereocenters. The van der Waals surface area contributed by atoms with Crippen molar-refractivity contribution in [3.8, 4) is 5.75 Å². The molecule has 1 heterocycles. The predicted molar refractivity (Wildman–Crippen MR) is 53.1 cm³/mol. The molecule has 2 heteroatoms. The lowest BCUT2D eigenvalue weighted by Crippen LogP contribution is -2.20. The number of rotatable bonds is 1. The Morgan fingerprint density at radius 2 is 2.38 bits per heavy atom. The number of hydrogen-bond acceptors (Lipinski definition) is 2. The van der Waals surface area contributed by atoms with E-state index in [2.05, 4.69) is 19.1 Å². The van der Waals surface area contributed by atoms with Crippen LogP contribution in [0.2, 0.25) is 0 Å². The lowest BCUT2D eigenvalue weighted by molar-refractivity contribution is 0.268. The third kappa shape index (κ3) is 1.54. The SMILES string of the molecule is Cc1ccc2c(c1)[C@H](CN)CCO2. The molecule has 1 aromatic rings. The molecular formula is C11H15NO. The van der Waals surface area contributed by atoms with Gasteiger partial charge in [-0.3, -0.25) is 0 Å². The smallest absolute Gasteiger partial charge is 0.122 e. The van der Waals surface area contributed by atoms with Crippen LogP contribution in [0.5, 0.6) is 5.75 Å². The maximum Gasteiger partial charge on any atom is 0.122 e. The second-order valence-corrected chi connectivity index (χ2v) is 3.61. The molecule has 1 aliphatic rings. The Kier molecular flexibility index (Phi) is 2.23. The zero-order valence-corrected chi connectivity index (χ0v) is 7.92. The van der Waals surface area contributed by atoms with Gasteiger partial charge in [-0.2, -0.15) is 0 Å². The van der Waals surface area contributed by atoms with E-state index in [1.165, 1.54) is 11.1 Å². The van der Waals surface area contributed by atoms with Gasteiger partial charge in [0.1, 0.15) is 5.75 Å². The molecule has 0 radical (unpaired) electrons. The maximum atomic E-state index is 5.71. The second kappa shape index (κ2) is 3.38. The van der Waals surface area contributed by atoms with Crippen molar-refractivity contribution < 1.29 is 4.74 Å². The zero-order chi connectivity index (χ0) is 9.26. The van der Waals surface area contributed by atoms with Crippen LogP contribution in [0.4, 0.5) is 0 Å². The topological polar surface area (TPSA) is 35.2 Å². The average Bonchev–Trinajstić information content (AvgIpc) is 2.17. The minimum absolute atomic E-state index is 0.489. The summed E-state index contributed by atoms with van der Waals surface area (Å²) in [5.74, 6) is 1.51. The summed E-state index contributed by atoms with van der Waals surface area (Å²) >= 11 is 0. The summed E-state index contributed by atoms with van der Waals surface area (Å²) in [6.45, 7) is 3.63. The Morgan fingerprint density at radius 3 is 3.15 bits per heavy atom. The second-order valence-electron chi connectivity index (χ2n) is 3.61. The highest BCUT2D eigenvalue weighted by molar-refractivity contribution is 5.40. The first kappa shape index (κ1) is 8.57. The van der Waals surface area contributed by atoms with E-state index in [4.69, 9.17) is 10.5 Å². The molecule has 0 spiro atoms. The van der Waals surface area contributed by atoms with Crippen molar-refractivity contribution in [3.05, 3.63) is 29.3 Å². The van der Waals surface area contributed by atoms with Gasteiger partial charge in [-0.25, -0.2) is 0 Å². The van der Waals surface area contributed by atoms with Gasteiger partial charge in [0, 0.05) is 5.92 Å². The van der Waals surface area contributed by atoms with Gasteiger partial charge in [0.2, 0.25) is 0 Å². The van der Waals surface area contributed by atoms with Crippen molar-refractivity contribution in [1.82, 2.24) is 0 Å². The Hall–Kier alpha value is -1.02. The van der Waals surface area contributed by atoms with Crippen LogP contribution in [0, 0.1) is 6.92 Å². The van der Waals surface area contributed by atoms with Crippen LogP contribution in [0.3, 0.4) is 0 Å². The van der Waals surface area contributed by atoms with E-state index in [9.17, 15) is 0 Å². The summed E-state index contributed by atoms with van der Waals surface area (Å²) in [6, 6.07) is 6.32. The molecule has 2 N–H and O–H groups in total. The molecule has 0 aliphatic carbocycles. The maximum absolute atomic E-state index is 5.71. The third-order valence-electron chi connectivity index (χ3n) is 2.61. The first-order valence-corrected chi connectivity index (χ1v) is 4.74. The fourth-order valence-corrected chi connectivity index (χ4v) is 1.83. The van der Waals surface area contributed by atoms with Crippen LogP contribution in [-0.2, 0) is 0 Å². The normalized spacial score (nSPS) is 20.6. The third-order valence-corrected chi connectivity index (χ3v) is 2.61. The number of hydrogen-bond donors (Lipinski definition) is 1. The largest absolute Gasteiger partial charge is 0.493 e. The number of ether oxygens (including phenoxy) is 1. The van der Waals surface area contributed by atoms with Gasteiger partial charge in [0.25, 0.3) is 0 Å². The minimum Gasteiger partial charge on any atom is -0.493 e. The van der Waals surface area contributed by atoms with Gasteiger partial charge in [-0.05, 0) is 31.5 Å². The van der Waals surface area contributed by atoms with Crippen LogP contribution in [0.1, 0.15) is 23.5 Å². The molecule has 2 rings (SSSR count). The van der Waals surface area contributed by atoms with E-state index >= 15 is 0 Å². The standard InChI is InChI=1S/C11H15NO/c1-8-2-3-11-10(6-8)9(7-12)4-5-13-11/h2-3,6,9H,4-5,7,12H2,1H3/t9-/m0/s1. The van der Waals surface area contributed by atoms with E-state index in [1.807, 2.05) is 6.07 Å². The minimum atomic E-state index is 0.489. The molecule has 0 amide bonds. The van der Waals surface area contributed by atoms with Crippen LogP contribution in [0.25, 0.3) is 0 Å². The van der Waals surface area contributed by atoms with Gasteiger partial charge in [0.15, 0.2) is 0 Å². The highest BCUT2D eigenvalue weighted by Gasteiger charge is 2.19. The van der Waals surface area contributed by atoms with Crippen molar-refractivity contribution in [2.45, 2.75) is 19.3 Å². The lowest BCUT2D eigenvalue weighted by Gasteiger charge is -2.25. The molecular weight excluding hydrogens is 162 g/mol. The highest BCUT2D eigenvalue weighted by Crippen LogP contribution is 2.33. The molecule has 1 aromatic carbocycles. The van der Waals surface area contributed by atoms with Crippen LogP contribution in [0.15, 0.2) is 18.2 Å². The van der Waals surface area contributed by atoms with E-state index in [0.717, 1.165) is 25.3 Å². The molecule has 0 saturated carbocycles. The van der Waals surface area contributed by atoms with Crippen LogP contribution >= 0.6 is 0 Å². The van der Waals surface area contributed by atoms with Crippen LogP contribution in [-0.4, -0.2) is 13.2 Å². The molecule has 0 saturated heterocycles. The van der Waals surface area contributed by atoms with Crippen molar-refractivity contribution >= 4 is 0 Å². The molecule has 0 bridgehead atoms. The summed E-state index contributed by atoms with van der Waals surface area (Å²) in [4.78, 5) is 0. The van der Waals surface area contributed by atoms with Crippen molar-refractivity contribution in [2.75, 3.05) is 13.2 Å². The van der Waals surface area contributed by atoms with E-state index in [0.29, 0.717) is 5.92 Å². The Labute approximate surface area is 78.7 Å². The average molecular weight is 177 g/mol. The van der Waals surface area contributed by atoms with Crippen molar-refractivity contribution in [1.29, 1.82) is 0 Å². The Morgan fingerprint density at radius 1 is 1.54 bits per heavy atom. The summed E-state index contributed by atoms with van der Waals surface area (Å²) in [6.07, 6.45) is 1.05. The van der Waals surface area contributed by atoms with E-state index < -0.39 is 0 Å². The first-order valence-electron chi connectivity index (χ1n) is 4.74. The summed E-state index contributed by atoms with van der Waals surface area (Å²) < 4.78 is 5.55. The zero-order valence-electron chi connectivity index (χ0n) is 7.92. The number of fused-ring (bicyclic) bond motifs is 1. The molecule has 13 heavy (non-hydrogen) atoms. The molecule has 0 fully saturated rings. The summed E-state index contributed by atoms with van der Waals surface area (Å²) in [7, 11) is 0. The van der Waals surface area contributed by atoms with Gasteiger partial charge in [-0.15, -0.1) is 0 Å². The molecule has 1 atom stereocenters. The monoisotopic (exact) mass is 177 g/mol. The Balaban J connectivity index is 2.41. The predicted octanol–water partition coefficient (Wildman–Crippen LogP) is 1.82. The van der Waals surface area contributed by atoms with Gasteiger partial charge < -0.3 is 10.5 Å². The number of aryl methyl sites for hydroxylation is 1. The van der Waals surface area contributed by atoms with Crippen molar-refractivity contribution in [2.24, 2.45) is 5.73 Å². The van der Waals surface area contributed by atoms with E-state index in [1.54, 1.807) is 0 Å². The molecule has 0 aromatic heterocycles. The van der Waals surface area contributed by atoms with E-state index in [-0.39, 0.29) is 0 Å². The fourth-order valence-electron chi connectivity index (χ4n) is 1.83. The lowest BCUT2D eigenvalue weighted by atomic mass is 9.92. The van der Waals surface area contributed by atoms with Gasteiger partial charge >= 0.3 is 0 Å². The van der Waals surface area contributed by atoms with Gasteiger partial charge in [0.05, 0.1) is 6.61 Å². The number of benzene rings is 1. The van der Waals surface area contributed by atoms with Crippen LogP contribution < -0.4 is 10.5 Å². The fraction of sp³-hybridized carbons (Fsp3) is 0.455. The summed E-state index contributed by atoms with van der Waals surface area (Å²) in [5.41, 5.74) is 8.28. The molecule has 2 nitrogen and oxygen atoms in total. The first-order chi connectivity index (χ1) is 6.31. The Bertz CT molecular complexity index is 309. The van der Waals surface area contributed by atoms with Crippen molar-refractivity contribution in [3.63, 3.8) is 0 Å². The van der Waals surface area contributed by atoms with Gasteiger partial charge in [-0.1, -0.05) is 17.7 Å². The summed E-state index contributed by atoms with van der Waals surface area (Å²) in [5, 5.41) is 0. The highest BCUT2D eigenvalue weighted by atomic mass is 16.5. The quantitative estimate of drug-likeness (QED) is 0.710. The molecule has 70 valence electrons.